The van der Waals surface area contributed by atoms with Crippen molar-refractivity contribution in [2.75, 3.05) is 27.9 Å². The van der Waals surface area contributed by atoms with E-state index >= 15 is 0 Å². The molecule has 6 atom stereocenters. The average Bonchev–Trinajstić information content (AvgIpc) is 3.14. The number of rotatable bonds is 10. The van der Waals surface area contributed by atoms with Crippen LogP contribution in [-0.2, 0) is 33.2 Å². The minimum Gasteiger partial charge on any atom is -0.469 e. The zero-order valence-corrected chi connectivity index (χ0v) is 18.2. The van der Waals surface area contributed by atoms with Crippen molar-refractivity contribution in [1.82, 2.24) is 0 Å². The van der Waals surface area contributed by atoms with Crippen molar-refractivity contribution in [2.45, 2.75) is 95.1 Å². The molecule has 3 aliphatic rings. The predicted octanol–water partition coefficient (Wildman–Crippen LogP) is 3.43. The third-order valence-electron chi connectivity index (χ3n) is 6.64. The standard InChI is InChI=1S/C22H38O7/c1-24-20(23)9-5-4-8-16-12-15-13-17(22(25-2)26-3)19(14-18(15)28-16)29-21-10-6-7-11-27-21/h15-19,21-22H,4-14H2,1-3H3. The van der Waals surface area contributed by atoms with E-state index < -0.39 is 0 Å². The first-order valence-electron chi connectivity index (χ1n) is 11.2. The van der Waals surface area contributed by atoms with Gasteiger partial charge in [-0.1, -0.05) is 6.42 Å². The molecule has 29 heavy (non-hydrogen) atoms. The molecule has 3 rings (SSSR count). The number of fused-ring (bicyclic) bond motifs is 1. The molecule has 1 aliphatic carbocycles. The molecular weight excluding hydrogens is 376 g/mol. The number of esters is 1. The van der Waals surface area contributed by atoms with Crippen LogP contribution in [0.5, 0.6) is 0 Å². The van der Waals surface area contributed by atoms with Gasteiger partial charge >= 0.3 is 5.97 Å². The van der Waals surface area contributed by atoms with Crippen LogP contribution in [0.4, 0.5) is 0 Å². The van der Waals surface area contributed by atoms with E-state index in [9.17, 15) is 4.79 Å². The molecule has 2 saturated heterocycles. The van der Waals surface area contributed by atoms with Gasteiger partial charge in [0.2, 0.25) is 0 Å². The highest BCUT2D eigenvalue weighted by molar-refractivity contribution is 5.68. The van der Waals surface area contributed by atoms with E-state index in [2.05, 4.69) is 0 Å². The zero-order valence-electron chi connectivity index (χ0n) is 18.2. The number of ether oxygens (including phenoxy) is 6. The number of carbonyl (C=O) groups is 1. The van der Waals surface area contributed by atoms with E-state index in [-0.39, 0.29) is 42.8 Å². The predicted molar refractivity (Wildman–Crippen MR) is 106 cm³/mol. The van der Waals surface area contributed by atoms with Crippen LogP contribution >= 0.6 is 0 Å². The van der Waals surface area contributed by atoms with Crippen LogP contribution in [0.1, 0.15) is 64.2 Å². The molecule has 0 radical (unpaired) electrons. The maximum Gasteiger partial charge on any atom is 0.305 e. The fourth-order valence-electron chi connectivity index (χ4n) is 5.14. The Morgan fingerprint density at radius 1 is 1.07 bits per heavy atom. The molecule has 0 aromatic rings. The first kappa shape index (κ1) is 22.9. The summed E-state index contributed by atoms with van der Waals surface area (Å²) in [5.74, 6) is 0.549. The first-order chi connectivity index (χ1) is 14.1. The highest BCUT2D eigenvalue weighted by Gasteiger charge is 2.47. The Morgan fingerprint density at radius 2 is 1.90 bits per heavy atom. The lowest BCUT2D eigenvalue weighted by molar-refractivity contribution is -0.246. The Bertz CT molecular complexity index is 490. The molecule has 1 saturated carbocycles. The Morgan fingerprint density at radius 3 is 2.59 bits per heavy atom. The van der Waals surface area contributed by atoms with E-state index in [1.807, 2.05) is 0 Å². The lowest BCUT2D eigenvalue weighted by Gasteiger charge is -2.42. The highest BCUT2D eigenvalue weighted by Crippen LogP contribution is 2.44. The molecule has 3 fully saturated rings. The van der Waals surface area contributed by atoms with Crippen LogP contribution in [0.25, 0.3) is 0 Å². The van der Waals surface area contributed by atoms with Gasteiger partial charge in [-0.15, -0.1) is 0 Å². The van der Waals surface area contributed by atoms with Gasteiger partial charge in [-0.2, -0.15) is 0 Å². The summed E-state index contributed by atoms with van der Waals surface area (Å²) in [5.41, 5.74) is 0. The van der Waals surface area contributed by atoms with Crippen molar-refractivity contribution in [3.8, 4) is 0 Å². The largest absolute Gasteiger partial charge is 0.469 e. The van der Waals surface area contributed by atoms with Gasteiger partial charge in [0, 0.05) is 39.6 Å². The van der Waals surface area contributed by atoms with Crippen LogP contribution in [0.2, 0.25) is 0 Å². The third-order valence-corrected chi connectivity index (χ3v) is 6.64. The van der Waals surface area contributed by atoms with E-state index in [4.69, 9.17) is 28.4 Å². The van der Waals surface area contributed by atoms with E-state index in [1.54, 1.807) is 14.2 Å². The van der Waals surface area contributed by atoms with Crippen molar-refractivity contribution in [2.24, 2.45) is 11.8 Å². The van der Waals surface area contributed by atoms with Gasteiger partial charge in [-0.05, 0) is 50.9 Å². The SMILES string of the molecule is COC(=O)CCCCC1CC2CC(C(OC)OC)C(OC3CCCCO3)CC2O1. The van der Waals surface area contributed by atoms with Gasteiger partial charge < -0.3 is 28.4 Å². The van der Waals surface area contributed by atoms with Gasteiger partial charge in [0.25, 0.3) is 0 Å². The summed E-state index contributed by atoms with van der Waals surface area (Å²) in [6.07, 6.45) is 9.51. The van der Waals surface area contributed by atoms with Crippen LogP contribution < -0.4 is 0 Å². The summed E-state index contributed by atoms with van der Waals surface area (Å²) in [4.78, 5) is 11.3. The number of hydrogen-bond donors (Lipinski definition) is 0. The van der Waals surface area contributed by atoms with Gasteiger partial charge in [0.05, 0.1) is 25.4 Å². The van der Waals surface area contributed by atoms with Crippen LogP contribution in [0.15, 0.2) is 0 Å². The number of methoxy groups -OCH3 is 3. The lowest BCUT2D eigenvalue weighted by atomic mass is 9.76. The van der Waals surface area contributed by atoms with Crippen molar-refractivity contribution < 1.29 is 33.2 Å². The molecule has 6 unspecified atom stereocenters. The maximum absolute atomic E-state index is 11.3. The minimum absolute atomic E-state index is 0.0160. The quantitative estimate of drug-likeness (QED) is 0.308. The fraction of sp³-hybridized carbons (Fsp3) is 0.955. The second kappa shape index (κ2) is 11.6. The molecule has 0 aromatic heterocycles. The number of unbranched alkanes of at least 4 members (excludes halogenated alkanes) is 1. The van der Waals surface area contributed by atoms with Crippen molar-refractivity contribution >= 4 is 5.97 Å². The second-order valence-corrected chi connectivity index (χ2v) is 8.56. The smallest absolute Gasteiger partial charge is 0.305 e. The third kappa shape index (κ3) is 6.37. The molecule has 2 aliphatic heterocycles. The highest BCUT2D eigenvalue weighted by atomic mass is 16.7. The fourth-order valence-corrected chi connectivity index (χ4v) is 5.14. The van der Waals surface area contributed by atoms with Crippen LogP contribution in [0.3, 0.4) is 0 Å². The zero-order chi connectivity index (χ0) is 20.6. The van der Waals surface area contributed by atoms with Gasteiger partial charge in [-0.3, -0.25) is 4.79 Å². The summed E-state index contributed by atoms with van der Waals surface area (Å²) >= 11 is 0. The monoisotopic (exact) mass is 414 g/mol. The van der Waals surface area contributed by atoms with Crippen molar-refractivity contribution in [3.05, 3.63) is 0 Å². The molecular formula is C22H38O7. The molecule has 168 valence electrons. The first-order valence-corrected chi connectivity index (χ1v) is 11.2. The summed E-state index contributed by atoms with van der Waals surface area (Å²) in [6.45, 7) is 0.774. The summed E-state index contributed by atoms with van der Waals surface area (Å²) < 4.78 is 34.6. The number of carbonyl (C=O) groups excluding carboxylic acids is 1. The van der Waals surface area contributed by atoms with Gasteiger partial charge in [0.1, 0.15) is 0 Å². The normalized spacial score (nSPS) is 34.9. The van der Waals surface area contributed by atoms with Gasteiger partial charge in [-0.25, -0.2) is 0 Å². The molecule has 0 spiro atoms. The molecule has 2 heterocycles. The summed E-state index contributed by atoms with van der Waals surface area (Å²) in [7, 11) is 4.83. The Balaban J connectivity index is 1.53. The molecule has 0 aromatic carbocycles. The average molecular weight is 415 g/mol. The van der Waals surface area contributed by atoms with Gasteiger partial charge in [0.15, 0.2) is 12.6 Å². The summed E-state index contributed by atoms with van der Waals surface area (Å²) in [5, 5.41) is 0. The maximum atomic E-state index is 11.3. The Labute approximate surface area is 174 Å². The molecule has 0 amide bonds. The molecule has 0 bridgehead atoms. The minimum atomic E-state index is -0.274. The van der Waals surface area contributed by atoms with E-state index in [1.165, 1.54) is 7.11 Å². The Kier molecular flexibility index (Phi) is 9.18. The summed E-state index contributed by atoms with van der Waals surface area (Å²) in [6, 6.07) is 0. The van der Waals surface area contributed by atoms with Crippen molar-refractivity contribution in [3.63, 3.8) is 0 Å². The number of hydrogen-bond acceptors (Lipinski definition) is 7. The van der Waals surface area contributed by atoms with E-state index in [0.717, 1.165) is 64.4 Å². The van der Waals surface area contributed by atoms with Crippen LogP contribution in [0, 0.1) is 11.8 Å². The molecule has 0 N–H and O–H groups in total. The lowest BCUT2D eigenvalue weighted by Crippen LogP contribution is -2.46. The molecule has 7 heteroatoms. The van der Waals surface area contributed by atoms with Crippen molar-refractivity contribution in [1.29, 1.82) is 0 Å². The Hall–Kier alpha value is -0.730. The molecule has 7 nitrogen and oxygen atoms in total. The van der Waals surface area contributed by atoms with E-state index in [0.29, 0.717) is 12.3 Å². The van der Waals surface area contributed by atoms with Crippen LogP contribution in [-0.4, -0.2) is 64.8 Å². The topological polar surface area (TPSA) is 72.5 Å². The second-order valence-electron chi connectivity index (χ2n) is 8.56.